The summed E-state index contributed by atoms with van der Waals surface area (Å²) >= 11 is 0. The monoisotopic (exact) mass is 435 g/mol. The van der Waals surface area contributed by atoms with Crippen LogP contribution in [0.3, 0.4) is 0 Å². The van der Waals surface area contributed by atoms with Crippen LogP contribution in [0.5, 0.6) is 11.5 Å². The highest BCUT2D eigenvalue weighted by molar-refractivity contribution is 5.99. The van der Waals surface area contributed by atoms with Gasteiger partial charge in [0.1, 0.15) is 5.58 Å². The van der Waals surface area contributed by atoms with E-state index in [1.807, 2.05) is 51.1 Å². The molecule has 0 bridgehead atoms. The highest BCUT2D eigenvalue weighted by atomic mass is 16.5. The average molecular weight is 436 g/mol. The van der Waals surface area contributed by atoms with Crippen LogP contribution < -0.4 is 20.2 Å². The van der Waals surface area contributed by atoms with Crippen molar-refractivity contribution in [3.05, 3.63) is 68.6 Å². The number of benzene rings is 2. The van der Waals surface area contributed by atoms with E-state index >= 15 is 0 Å². The molecule has 0 aliphatic carbocycles. The van der Waals surface area contributed by atoms with E-state index in [0.29, 0.717) is 41.2 Å². The maximum atomic E-state index is 13.4. The van der Waals surface area contributed by atoms with Gasteiger partial charge in [0.15, 0.2) is 16.9 Å². The first-order valence-corrected chi connectivity index (χ1v) is 11.2. The second-order valence-corrected chi connectivity index (χ2v) is 8.23. The van der Waals surface area contributed by atoms with Crippen molar-refractivity contribution >= 4 is 16.9 Å². The maximum absolute atomic E-state index is 13.4. The number of carbonyl (C=O) groups excluding carboxylic acids is 1. The van der Waals surface area contributed by atoms with Gasteiger partial charge >= 0.3 is 0 Å². The van der Waals surface area contributed by atoms with Crippen molar-refractivity contribution in [3.63, 3.8) is 0 Å². The zero-order valence-corrected chi connectivity index (χ0v) is 19.0. The minimum absolute atomic E-state index is 0.0808. The van der Waals surface area contributed by atoms with Crippen LogP contribution in [0.15, 0.2) is 39.5 Å². The molecule has 1 aliphatic rings. The Bertz CT molecular complexity index is 1230. The third-order valence-electron chi connectivity index (χ3n) is 5.73. The van der Waals surface area contributed by atoms with E-state index in [2.05, 4.69) is 12.2 Å². The van der Waals surface area contributed by atoms with Crippen molar-refractivity contribution in [1.82, 2.24) is 5.32 Å². The van der Waals surface area contributed by atoms with E-state index in [1.54, 1.807) is 0 Å². The van der Waals surface area contributed by atoms with Crippen LogP contribution in [0.2, 0.25) is 0 Å². The zero-order valence-electron chi connectivity index (χ0n) is 19.0. The summed E-state index contributed by atoms with van der Waals surface area (Å²) < 4.78 is 17.7. The lowest BCUT2D eigenvalue weighted by atomic mass is 9.97. The summed E-state index contributed by atoms with van der Waals surface area (Å²) in [7, 11) is 0. The Morgan fingerprint density at radius 1 is 1.00 bits per heavy atom. The van der Waals surface area contributed by atoms with Crippen molar-refractivity contribution in [2.45, 2.75) is 53.0 Å². The van der Waals surface area contributed by atoms with Gasteiger partial charge in [-0.3, -0.25) is 9.59 Å². The molecule has 0 radical (unpaired) electrons. The topological polar surface area (TPSA) is 77.8 Å². The van der Waals surface area contributed by atoms with Crippen LogP contribution in [0.4, 0.5) is 0 Å². The molecule has 3 aromatic rings. The molecule has 1 N–H and O–H groups in total. The molecule has 6 heteroatoms. The Labute approximate surface area is 187 Å². The molecule has 1 amide bonds. The number of ether oxygens (including phenoxy) is 2. The van der Waals surface area contributed by atoms with Crippen molar-refractivity contribution in [2.24, 2.45) is 0 Å². The first kappa shape index (κ1) is 21.9. The zero-order chi connectivity index (χ0) is 22.8. The Morgan fingerprint density at radius 3 is 2.56 bits per heavy atom. The first-order valence-electron chi connectivity index (χ1n) is 11.2. The van der Waals surface area contributed by atoms with Gasteiger partial charge in [-0.05, 0) is 62.1 Å². The van der Waals surface area contributed by atoms with Crippen LogP contribution in [-0.4, -0.2) is 19.1 Å². The van der Waals surface area contributed by atoms with E-state index in [9.17, 15) is 9.59 Å². The van der Waals surface area contributed by atoms with Gasteiger partial charge in [-0.1, -0.05) is 31.9 Å². The average Bonchev–Trinajstić information content (AvgIpc) is 3.10. The van der Waals surface area contributed by atoms with Crippen LogP contribution in [0.25, 0.3) is 11.0 Å². The number of carbonyl (C=O) groups is 1. The molecule has 0 saturated heterocycles. The van der Waals surface area contributed by atoms with Crippen molar-refractivity contribution in [3.8, 4) is 11.5 Å². The Kier molecular flexibility index (Phi) is 6.21. The summed E-state index contributed by atoms with van der Waals surface area (Å²) in [6, 6.07) is 8.69. The molecule has 2 aromatic carbocycles. The van der Waals surface area contributed by atoms with E-state index in [0.717, 1.165) is 36.0 Å². The Hall–Kier alpha value is -3.28. The molecule has 1 unspecified atom stereocenters. The highest BCUT2D eigenvalue weighted by Crippen LogP contribution is 2.36. The number of unbranched alkanes of at least 4 members (excludes halogenated alkanes) is 2. The van der Waals surface area contributed by atoms with Crippen LogP contribution in [-0.2, 0) is 0 Å². The summed E-state index contributed by atoms with van der Waals surface area (Å²) in [5.74, 6) is 0.952. The van der Waals surface area contributed by atoms with E-state index in [-0.39, 0.29) is 17.1 Å². The molecule has 0 fully saturated rings. The second-order valence-electron chi connectivity index (χ2n) is 8.23. The largest absolute Gasteiger partial charge is 0.490 e. The van der Waals surface area contributed by atoms with Gasteiger partial charge < -0.3 is 19.2 Å². The molecule has 1 atom stereocenters. The third-order valence-corrected chi connectivity index (χ3v) is 5.73. The third kappa shape index (κ3) is 3.97. The molecule has 2 heterocycles. The quantitative estimate of drug-likeness (QED) is 0.492. The minimum atomic E-state index is -0.604. The number of rotatable bonds is 8. The van der Waals surface area contributed by atoms with Crippen LogP contribution in [0.1, 0.15) is 72.0 Å². The fourth-order valence-electron chi connectivity index (χ4n) is 4.24. The predicted molar refractivity (Wildman–Crippen MR) is 124 cm³/mol. The van der Waals surface area contributed by atoms with E-state index in [4.69, 9.17) is 13.9 Å². The number of hydrogen-bond donors (Lipinski definition) is 1. The molecule has 0 saturated carbocycles. The molecular weight excluding hydrogens is 406 g/mol. The lowest BCUT2D eigenvalue weighted by molar-refractivity contribution is 0.0938. The molecule has 0 spiro atoms. The number of nitrogens with one attached hydrogen (secondary N) is 1. The predicted octanol–water partition coefficient (Wildman–Crippen LogP) is 5.21. The summed E-state index contributed by atoms with van der Waals surface area (Å²) in [6.07, 6.45) is 3.20. The van der Waals surface area contributed by atoms with Gasteiger partial charge in [-0.15, -0.1) is 0 Å². The lowest BCUT2D eigenvalue weighted by Gasteiger charge is -2.17. The molecular formula is C26H29NO5. The van der Waals surface area contributed by atoms with Crippen molar-refractivity contribution in [2.75, 3.05) is 13.2 Å². The van der Waals surface area contributed by atoms with Gasteiger partial charge in [0.25, 0.3) is 5.91 Å². The van der Waals surface area contributed by atoms with E-state index < -0.39 is 6.04 Å². The van der Waals surface area contributed by atoms with Gasteiger partial charge in [-0.25, -0.2) is 0 Å². The molecule has 6 nitrogen and oxygen atoms in total. The molecule has 32 heavy (non-hydrogen) atoms. The smallest absolute Gasteiger partial charge is 0.288 e. The summed E-state index contributed by atoms with van der Waals surface area (Å²) in [6.45, 7) is 8.97. The van der Waals surface area contributed by atoms with Gasteiger partial charge in [0, 0.05) is 0 Å². The van der Waals surface area contributed by atoms with Gasteiger partial charge in [0.2, 0.25) is 5.76 Å². The first-order chi connectivity index (χ1) is 15.4. The summed E-state index contributed by atoms with van der Waals surface area (Å²) in [5, 5.41) is 3.39. The standard InChI is InChI=1S/C26H29NO5/c1-5-7-8-11-31-19-10-9-17(14-20(19)30-6-2)22-21-23(28)18-13-15(3)12-16(4)24(18)32-25(21)26(29)27-22/h9-10,12-14,22H,5-8,11H2,1-4H3,(H,27,29). The maximum Gasteiger partial charge on any atom is 0.288 e. The van der Waals surface area contributed by atoms with E-state index in [1.165, 1.54) is 0 Å². The fraction of sp³-hybridized carbons (Fsp3) is 0.385. The number of hydrogen-bond acceptors (Lipinski definition) is 5. The molecule has 1 aromatic heterocycles. The highest BCUT2D eigenvalue weighted by Gasteiger charge is 2.36. The van der Waals surface area contributed by atoms with Crippen LogP contribution in [0, 0.1) is 13.8 Å². The summed E-state index contributed by atoms with van der Waals surface area (Å²) in [4.78, 5) is 26.1. The molecule has 4 rings (SSSR count). The fourth-order valence-corrected chi connectivity index (χ4v) is 4.24. The minimum Gasteiger partial charge on any atom is -0.490 e. The SMILES string of the molecule is CCCCCOc1ccc(C2NC(=O)c3oc4c(C)cc(C)cc4c(=O)c32)cc1OCC. The molecule has 1 aliphatic heterocycles. The van der Waals surface area contributed by atoms with Gasteiger partial charge in [0.05, 0.1) is 30.2 Å². The normalized spacial score (nSPS) is 15.0. The number of fused-ring (bicyclic) bond motifs is 2. The lowest BCUT2D eigenvalue weighted by Crippen LogP contribution is -2.22. The Balaban J connectivity index is 1.76. The Morgan fingerprint density at radius 2 is 1.81 bits per heavy atom. The van der Waals surface area contributed by atoms with Crippen molar-refractivity contribution in [1.29, 1.82) is 0 Å². The van der Waals surface area contributed by atoms with Crippen molar-refractivity contribution < 1.29 is 18.7 Å². The second kappa shape index (κ2) is 9.07. The number of amides is 1. The molecule has 168 valence electrons. The number of aryl methyl sites for hydroxylation is 2. The van der Waals surface area contributed by atoms with Crippen LogP contribution >= 0.6 is 0 Å². The van der Waals surface area contributed by atoms with Gasteiger partial charge in [-0.2, -0.15) is 0 Å². The summed E-state index contributed by atoms with van der Waals surface area (Å²) in [5.41, 5.74) is 3.16.